The van der Waals surface area contributed by atoms with E-state index >= 15 is 0 Å². The second-order valence-corrected chi connectivity index (χ2v) is 5.69. The highest BCUT2D eigenvalue weighted by Crippen LogP contribution is 2.29. The first-order valence-electron chi connectivity index (χ1n) is 8.43. The Hall–Kier alpha value is -2.34. The number of hydrogen-bond donors (Lipinski definition) is 0. The predicted molar refractivity (Wildman–Crippen MR) is 92.9 cm³/mol. The molecule has 0 aromatic heterocycles. The second-order valence-electron chi connectivity index (χ2n) is 5.69. The van der Waals surface area contributed by atoms with Gasteiger partial charge in [-0.15, -0.1) is 0 Å². The summed E-state index contributed by atoms with van der Waals surface area (Å²) in [5.41, 5.74) is 1.38. The maximum atomic E-state index is 13.2. The number of rotatable bonds is 8. The van der Waals surface area contributed by atoms with E-state index < -0.39 is 18.2 Å². The number of esters is 1. The molecule has 0 saturated carbocycles. The largest absolute Gasteiger partial charge is 0.449 e. The summed E-state index contributed by atoms with van der Waals surface area (Å²) in [7, 11) is 0. The zero-order valence-electron chi connectivity index (χ0n) is 14.5. The molecule has 0 aliphatic heterocycles. The minimum atomic E-state index is -4.62. The molecule has 0 bridgehead atoms. The molecule has 0 unspecified atom stereocenters. The lowest BCUT2D eigenvalue weighted by atomic mass is 10.00. The van der Waals surface area contributed by atoms with Gasteiger partial charge in [-0.05, 0) is 37.0 Å². The Morgan fingerprint density at radius 1 is 1.04 bits per heavy atom. The molecule has 0 amide bonds. The molecular formula is C20H21F3O3. The summed E-state index contributed by atoms with van der Waals surface area (Å²) in [5, 5.41) is 0. The van der Waals surface area contributed by atoms with Gasteiger partial charge in [-0.25, -0.2) is 4.79 Å². The third-order valence-corrected chi connectivity index (χ3v) is 3.81. The molecule has 3 nitrogen and oxygen atoms in total. The number of carbonyl (C=O) groups excluding carboxylic acids is 1. The molecule has 0 saturated heterocycles. The standard InChI is InChI=1S/C20H21F3O3/c1-2-25-14-8-13-18(20(21,22)23)26-19(24)17-12-7-6-11-16(17)15-9-4-3-5-10-15/h3-7,9-12,18H,2,8,13-14H2,1H3/t18-/m1/s1. The average molecular weight is 366 g/mol. The number of alkyl halides is 3. The number of ether oxygens (including phenoxy) is 2. The van der Waals surface area contributed by atoms with Crippen LogP contribution in [0.3, 0.4) is 0 Å². The third kappa shape index (κ3) is 5.59. The van der Waals surface area contributed by atoms with E-state index in [2.05, 4.69) is 0 Å². The summed E-state index contributed by atoms with van der Waals surface area (Å²) in [5.74, 6) is -0.983. The number of benzene rings is 2. The zero-order valence-corrected chi connectivity index (χ0v) is 14.5. The molecule has 0 aliphatic carbocycles. The fourth-order valence-electron chi connectivity index (χ4n) is 2.53. The Labute approximate surface area is 150 Å². The van der Waals surface area contributed by atoms with Gasteiger partial charge in [0.2, 0.25) is 0 Å². The Morgan fingerprint density at radius 3 is 2.35 bits per heavy atom. The Bertz CT molecular complexity index is 699. The molecule has 2 rings (SSSR count). The smallest absolute Gasteiger partial charge is 0.425 e. The second kappa shape index (κ2) is 9.38. The SMILES string of the molecule is CCOCCC[C@@H](OC(=O)c1ccccc1-c1ccccc1)C(F)(F)F. The number of carbonyl (C=O) groups is 1. The van der Waals surface area contributed by atoms with Crippen LogP contribution < -0.4 is 0 Å². The molecule has 0 radical (unpaired) electrons. The lowest BCUT2D eigenvalue weighted by Gasteiger charge is -2.21. The van der Waals surface area contributed by atoms with Crippen LogP contribution >= 0.6 is 0 Å². The Balaban J connectivity index is 2.17. The third-order valence-electron chi connectivity index (χ3n) is 3.81. The van der Waals surface area contributed by atoms with Crippen molar-refractivity contribution in [2.24, 2.45) is 0 Å². The molecule has 26 heavy (non-hydrogen) atoms. The summed E-state index contributed by atoms with van der Waals surface area (Å²) in [6.45, 7) is 2.39. The summed E-state index contributed by atoms with van der Waals surface area (Å²) in [6.07, 6.45) is -6.95. The minimum Gasteiger partial charge on any atom is -0.449 e. The van der Waals surface area contributed by atoms with Gasteiger partial charge in [0, 0.05) is 13.2 Å². The predicted octanol–water partition coefficient (Wildman–Crippen LogP) is 5.26. The van der Waals surface area contributed by atoms with Crippen LogP contribution in [0, 0.1) is 0 Å². The highest BCUT2D eigenvalue weighted by Gasteiger charge is 2.42. The molecule has 2 aromatic carbocycles. The molecule has 0 N–H and O–H groups in total. The quantitative estimate of drug-likeness (QED) is 0.472. The van der Waals surface area contributed by atoms with Crippen molar-refractivity contribution in [1.82, 2.24) is 0 Å². The molecule has 1 atom stereocenters. The van der Waals surface area contributed by atoms with E-state index in [0.717, 1.165) is 5.56 Å². The minimum absolute atomic E-state index is 0.109. The zero-order chi connectivity index (χ0) is 19.0. The number of hydrogen-bond acceptors (Lipinski definition) is 3. The maximum absolute atomic E-state index is 13.2. The maximum Gasteiger partial charge on any atom is 0.425 e. The Kier molecular flexibility index (Phi) is 7.21. The van der Waals surface area contributed by atoms with Crippen LogP contribution in [0.2, 0.25) is 0 Å². The summed E-state index contributed by atoms with van der Waals surface area (Å²) >= 11 is 0. The molecule has 0 fully saturated rings. The molecule has 0 aliphatic rings. The monoisotopic (exact) mass is 366 g/mol. The van der Waals surface area contributed by atoms with E-state index in [0.29, 0.717) is 12.2 Å². The van der Waals surface area contributed by atoms with E-state index in [4.69, 9.17) is 9.47 Å². The van der Waals surface area contributed by atoms with E-state index in [9.17, 15) is 18.0 Å². The van der Waals surface area contributed by atoms with Crippen molar-refractivity contribution in [3.05, 3.63) is 60.2 Å². The summed E-state index contributed by atoms with van der Waals surface area (Å²) in [4.78, 5) is 12.4. The van der Waals surface area contributed by atoms with E-state index in [1.807, 2.05) is 6.07 Å². The van der Waals surface area contributed by atoms with Crippen LogP contribution in [0.1, 0.15) is 30.1 Å². The first kappa shape index (κ1) is 20.0. The van der Waals surface area contributed by atoms with Crippen molar-refractivity contribution in [2.45, 2.75) is 32.0 Å². The normalized spacial score (nSPS) is 12.6. The van der Waals surface area contributed by atoms with Crippen LogP contribution in [0.25, 0.3) is 11.1 Å². The fourth-order valence-corrected chi connectivity index (χ4v) is 2.53. The topological polar surface area (TPSA) is 35.5 Å². The van der Waals surface area contributed by atoms with Crippen LogP contribution in [0.15, 0.2) is 54.6 Å². The molecule has 0 spiro atoms. The van der Waals surface area contributed by atoms with E-state index in [1.165, 1.54) is 6.07 Å². The van der Waals surface area contributed by atoms with Crippen molar-refractivity contribution in [1.29, 1.82) is 0 Å². The van der Waals surface area contributed by atoms with Crippen molar-refractivity contribution in [3.8, 4) is 11.1 Å². The van der Waals surface area contributed by atoms with Gasteiger partial charge in [-0.1, -0.05) is 48.5 Å². The van der Waals surface area contributed by atoms with Gasteiger partial charge in [0.15, 0.2) is 6.10 Å². The van der Waals surface area contributed by atoms with Crippen molar-refractivity contribution in [2.75, 3.05) is 13.2 Å². The van der Waals surface area contributed by atoms with Gasteiger partial charge in [0.1, 0.15) is 0 Å². The highest BCUT2D eigenvalue weighted by molar-refractivity contribution is 5.97. The first-order valence-corrected chi connectivity index (χ1v) is 8.43. The summed E-state index contributed by atoms with van der Waals surface area (Å²) in [6, 6.07) is 15.5. The fraction of sp³-hybridized carbons (Fsp3) is 0.350. The van der Waals surface area contributed by atoms with Crippen LogP contribution in [0.4, 0.5) is 13.2 Å². The molecule has 2 aromatic rings. The van der Waals surface area contributed by atoms with Crippen molar-refractivity contribution in [3.63, 3.8) is 0 Å². The molecule has 0 heterocycles. The summed E-state index contributed by atoms with van der Waals surface area (Å²) < 4.78 is 49.5. The van der Waals surface area contributed by atoms with E-state index in [1.54, 1.807) is 49.4 Å². The van der Waals surface area contributed by atoms with Gasteiger partial charge in [0.05, 0.1) is 5.56 Å². The van der Waals surface area contributed by atoms with E-state index in [-0.39, 0.29) is 25.0 Å². The molecular weight excluding hydrogens is 345 g/mol. The highest BCUT2D eigenvalue weighted by atomic mass is 19.4. The van der Waals surface area contributed by atoms with Crippen LogP contribution in [-0.4, -0.2) is 31.5 Å². The molecule has 140 valence electrons. The average Bonchev–Trinajstić information content (AvgIpc) is 2.64. The van der Waals surface area contributed by atoms with Gasteiger partial charge in [-0.3, -0.25) is 0 Å². The van der Waals surface area contributed by atoms with Crippen LogP contribution in [0.5, 0.6) is 0 Å². The van der Waals surface area contributed by atoms with Gasteiger partial charge in [-0.2, -0.15) is 13.2 Å². The van der Waals surface area contributed by atoms with Gasteiger partial charge < -0.3 is 9.47 Å². The number of halogens is 3. The van der Waals surface area contributed by atoms with Gasteiger partial charge >= 0.3 is 12.1 Å². The van der Waals surface area contributed by atoms with Crippen molar-refractivity contribution < 1.29 is 27.4 Å². The Morgan fingerprint density at radius 2 is 1.69 bits per heavy atom. The molecule has 6 heteroatoms. The van der Waals surface area contributed by atoms with Crippen LogP contribution in [-0.2, 0) is 9.47 Å². The first-order chi connectivity index (χ1) is 12.4. The lowest BCUT2D eigenvalue weighted by molar-refractivity contribution is -0.206. The van der Waals surface area contributed by atoms with Crippen molar-refractivity contribution >= 4 is 5.97 Å². The lowest BCUT2D eigenvalue weighted by Crippen LogP contribution is -2.34. The van der Waals surface area contributed by atoms with Gasteiger partial charge in [0.25, 0.3) is 0 Å².